The highest BCUT2D eigenvalue weighted by Crippen LogP contribution is 2.34. The number of hydrogen-bond acceptors (Lipinski definition) is 3. The van der Waals surface area contributed by atoms with Gasteiger partial charge in [0, 0.05) is 20.2 Å². The second kappa shape index (κ2) is 5.99. The maximum Gasteiger partial charge on any atom is 0.0837 e. The van der Waals surface area contributed by atoms with Crippen LogP contribution in [0.1, 0.15) is 30.7 Å². The summed E-state index contributed by atoms with van der Waals surface area (Å²) >= 11 is 0. The molecule has 3 nitrogen and oxygen atoms in total. The molecular weight excluding hydrogens is 224 g/mol. The van der Waals surface area contributed by atoms with Crippen LogP contribution in [0.3, 0.4) is 0 Å². The van der Waals surface area contributed by atoms with E-state index in [-0.39, 0.29) is 11.5 Å². The summed E-state index contributed by atoms with van der Waals surface area (Å²) in [6.45, 7) is 1.53. The molecule has 18 heavy (non-hydrogen) atoms. The van der Waals surface area contributed by atoms with Crippen molar-refractivity contribution in [3.8, 4) is 6.07 Å². The maximum atomic E-state index is 9.22. The van der Waals surface area contributed by atoms with Crippen LogP contribution in [0, 0.1) is 11.3 Å². The summed E-state index contributed by atoms with van der Waals surface area (Å²) in [5.41, 5.74) is 1.10. The van der Waals surface area contributed by atoms with Crippen LogP contribution >= 0.6 is 0 Å². The van der Waals surface area contributed by atoms with Gasteiger partial charge in [0.2, 0.25) is 0 Å². The zero-order valence-electron chi connectivity index (χ0n) is 10.9. The van der Waals surface area contributed by atoms with E-state index in [1.807, 2.05) is 30.3 Å². The van der Waals surface area contributed by atoms with E-state index in [0.717, 1.165) is 24.9 Å². The molecule has 0 spiro atoms. The van der Waals surface area contributed by atoms with Crippen LogP contribution in [0.5, 0.6) is 0 Å². The van der Waals surface area contributed by atoms with Gasteiger partial charge in [-0.3, -0.25) is 0 Å². The van der Waals surface area contributed by atoms with Gasteiger partial charge >= 0.3 is 0 Å². The van der Waals surface area contributed by atoms with Crippen LogP contribution < -0.4 is 5.32 Å². The third kappa shape index (κ3) is 2.90. The van der Waals surface area contributed by atoms with Gasteiger partial charge in [-0.05, 0) is 24.8 Å². The first kappa shape index (κ1) is 13.1. The largest absolute Gasteiger partial charge is 0.377 e. The Morgan fingerprint density at radius 1 is 1.39 bits per heavy atom. The van der Waals surface area contributed by atoms with E-state index < -0.39 is 0 Å². The molecule has 1 fully saturated rings. The summed E-state index contributed by atoms with van der Waals surface area (Å²) in [4.78, 5) is 0. The van der Waals surface area contributed by atoms with Crippen LogP contribution in [0.25, 0.3) is 0 Å². The number of rotatable bonds is 6. The minimum Gasteiger partial charge on any atom is -0.377 e. The Hall–Kier alpha value is -1.37. The van der Waals surface area contributed by atoms with Gasteiger partial charge in [0.1, 0.15) is 0 Å². The molecule has 0 amide bonds. The average molecular weight is 244 g/mol. The molecule has 96 valence electrons. The van der Waals surface area contributed by atoms with Crippen molar-refractivity contribution in [1.82, 2.24) is 5.32 Å². The minimum atomic E-state index is -0.0832. The lowest BCUT2D eigenvalue weighted by Gasteiger charge is -2.40. The average Bonchev–Trinajstić information content (AvgIpc) is 2.38. The van der Waals surface area contributed by atoms with Gasteiger partial charge in [-0.1, -0.05) is 30.3 Å². The Bertz CT molecular complexity index is 401. The van der Waals surface area contributed by atoms with E-state index in [2.05, 4.69) is 11.4 Å². The van der Waals surface area contributed by atoms with Gasteiger partial charge in [0.05, 0.1) is 17.6 Å². The van der Waals surface area contributed by atoms with Gasteiger partial charge in [-0.15, -0.1) is 0 Å². The molecule has 1 aliphatic rings. The summed E-state index contributed by atoms with van der Waals surface area (Å²) in [6, 6.07) is 12.3. The van der Waals surface area contributed by atoms with Crippen molar-refractivity contribution in [1.29, 1.82) is 5.26 Å². The number of hydrogen-bond donors (Lipinski definition) is 1. The molecule has 1 aromatic carbocycles. The molecule has 1 aromatic rings. The van der Waals surface area contributed by atoms with Crippen LogP contribution in [-0.4, -0.2) is 25.8 Å². The fraction of sp³-hybridized carbons (Fsp3) is 0.533. The number of ether oxygens (including phenoxy) is 1. The third-order valence-corrected chi connectivity index (χ3v) is 3.85. The monoisotopic (exact) mass is 244 g/mol. The van der Waals surface area contributed by atoms with Gasteiger partial charge in [0.15, 0.2) is 0 Å². The Kier molecular flexibility index (Phi) is 4.35. The Labute approximate surface area is 109 Å². The number of methoxy groups -OCH3 is 1. The fourth-order valence-corrected chi connectivity index (χ4v) is 2.39. The Morgan fingerprint density at radius 2 is 2.11 bits per heavy atom. The van der Waals surface area contributed by atoms with Crippen molar-refractivity contribution in [3.63, 3.8) is 0 Å². The highest BCUT2D eigenvalue weighted by Gasteiger charge is 2.36. The minimum absolute atomic E-state index is 0.0245. The first-order valence-electron chi connectivity index (χ1n) is 6.50. The first-order valence-corrected chi connectivity index (χ1v) is 6.50. The van der Waals surface area contributed by atoms with Crippen molar-refractivity contribution >= 4 is 0 Å². The van der Waals surface area contributed by atoms with E-state index >= 15 is 0 Å². The predicted molar refractivity (Wildman–Crippen MR) is 71.3 cm³/mol. The third-order valence-electron chi connectivity index (χ3n) is 3.85. The van der Waals surface area contributed by atoms with Crippen molar-refractivity contribution in [3.05, 3.63) is 35.9 Å². The standard InChI is InChI=1S/C15H20N2O/c1-18-15(8-5-9-15)12-17-11-14(10-16)13-6-3-2-4-7-13/h2-4,6-7,14,17H,5,8-9,11-12H2,1H3. The van der Waals surface area contributed by atoms with Gasteiger partial charge in [-0.2, -0.15) is 5.26 Å². The summed E-state index contributed by atoms with van der Waals surface area (Å²) in [5.74, 6) is -0.0832. The Morgan fingerprint density at radius 3 is 2.61 bits per heavy atom. The highest BCUT2D eigenvalue weighted by atomic mass is 16.5. The molecule has 1 unspecified atom stereocenters. The zero-order chi connectivity index (χ0) is 12.8. The lowest BCUT2D eigenvalue weighted by atomic mass is 9.80. The number of nitriles is 1. The van der Waals surface area contributed by atoms with Gasteiger partial charge in [-0.25, -0.2) is 0 Å². The second-order valence-electron chi connectivity index (χ2n) is 4.96. The lowest BCUT2D eigenvalue weighted by Crippen LogP contribution is -2.48. The Balaban J connectivity index is 1.83. The molecule has 1 atom stereocenters. The quantitative estimate of drug-likeness (QED) is 0.836. The molecule has 1 aliphatic carbocycles. The van der Waals surface area contributed by atoms with E-state index in [4.69, 9.17) is 4.74 Å². The van der Waals surface area contributed by atoms with Crippen molar-refractivity contribution in [2.24, 2.45) is 0 Å². The van der Waals surface area contributed by atoms with Gasteiger partial charge in [0.25, 0.3) is 0 Å². The number of benzene rings is 1. The normalized spacial score (nSPS) is 18.7. The maximum absolute atomic E-state index is 9.22. The first-order chi connectivity index (χ1) is 8.79. The van der Waals surface area contributed by atoms with Crippen LogP contribution in [-0.2, 0) is 4.74 Å². The molecule has 1 N–H and O–H groups in total. The second-order valence-corrected chi connectivity index (χ2v) is 4.96. The lowest BCUT2D eigenvalue weighted by molar-refractivity contribution is -0.0692. The number of nitrogens with zero attached hydrogens (tertiary/aromatic N) is 1. The summed E-state index contributed by atoms with van der Waals surface area (Å²) in [5, 5.41) is 12.6. The van der Waals surface area contributed by atoms with Crippen LogP contribution in [0.15, 0.2) is 30.3 Å². The molecule has 0 aromatic heterocycles. The molecule has 0 saturated heterocycles. The van der Waals surface area contributed by atoms with Crippen molar-refractivity contribution in [2.45, 2.75) is 30.8 Å². The van der Waals surface area contributed by atoms with E-state index in [0.29, 0.717) is 6.54 Å². The molecule has 0 radical (unpaired) electrons. The predicted octanol–water partition coefficient (Wildman–Crippen LogP) is 2.45. The molecule has 1 saturated carbocycles. The highest BCUT2D eigenvalue weighted by molar-refractivity contribution is 5.25. The fourth-order valence-electron chi connectivity index (χ4n) is 2.39. The molecular formula is C15H20N2O. The molecule has 2 rings (SSSR count). The topological polar surface area (TPSA) is 45.0 Å². The SMILES string of the molecule is COC1(CNCC(C#N)c2ccccc2)CCC1. The van der Waals surface area contributed by atoms with E-state index in [1.165, 1.54) is 6.42 Å². The van der Waals surface area contributed by atoms with Crippen molar-refractivity contribution in [2.75, 3.05) is 20.2 Å². The zero-order valence-corrected chi connectivity index (χ0v) is 10.9. The van der Waals surface area contributed by atoms with Crippen molar-refractivity contribution < 1.29 is 4.74 Å². The molecule has 0 heterocycles. The molecule has 0 aliphatic heterocycles. The van der Waals surface area contributed by atoms with Gasteiger partial charge < -0.3 is 10.1 Å². The van der Waals surface area contributed by atoms with E-state index in [1.54, 1.807) is 7.11 Å². The smallest absolute Gasteiger partial charge is 0.0837 e. The summed E-state index contributed by atoms with van der Waals surface area (Å²) < 4.78 is 5.55. The summed E-state index contributed by atoms with van der Waals surface area (Å²) in [7, 11) is 1.78. The molecule has 3 heteroatoms. The van der Waals surface area contributed by atoms with Crippen LogP contribution in [0.4, 0.5) is 0 Å². The summed E-state index contributed by atoms with van der Waals surface area (Å²) in [6.07, 6.45) is 3.49. The molecule has 0 bridgehead atoms. The number of nitrogens with one attached hydrogen (secondary N) is 1. The van der Waals surface area contributed by atoms with Crippen LogP contribution in [0.2, 0.25) is 0 Å². The van der Waals surface area contributed by atoms with E-state index in [9.17, 15) is 5.26 Å².